The summed E-state index contributed by atoms with van der Waals surface area (Å²) in [6.45, 7) is 8.87. The molecule has 1 fully saturated rings. The van der Waals surface area contributed by atoms with Crippen LogP contribution in [0.2, 0.25) is 5.02 Å². The Morgan fingerprint density at radius 2 is 1.90 bits per heavy atom. The van der Waals surface area contributed by atoms with Gasteiger partial charge in [-0.25, -0.2) is 4.39 Å². The van der Waals surface area contributed by atoms with Gasteiger partial charge in [0.25, 0.3) is 11.8 Å². The van der Waals surface area contributed by atoms with E-state index in [1.807, 2.05) is 24.0 Å². The molecule has 0 radical (unpaired) electrons. The molecule has 1 aliphatic heterocycles. The van der Waals surface area contributed by atoms with E-state index >= 15 is 0 Å². The third-order valence-corrected chi connectivity index (χ3v) is 8.39. The molecule has 2 aliphatic rings. The number of halogens is 2. The third-order valence-electron chi connectivity index (χ3n) is 8.18. The molecule has 1 aromatic heterocycles. The van der Waals surface area contributed by atoms with E-state index in [9.17, 15) is 14.0 Å². The first-order valence-electron chi connectivity index (χ1n) is 13.5. The van der Waals surface area contributed by atoms with Crippen molar-refractivity contribution in [1.29, 1.82) is 0 Å². The van der Waals surface area contributed by atoms with E-state index in [4.69, 9.17) is 16.6 Å². The van der Waals surface area contributed by atoms with Crippen LogP contribution >= 0.6 is 11.6 Å². The summed E-state index contributed by atoms with van der Waals surface area (Å²) in [5.74, 6) is -0.133. The highest BCUT2D eigenvalue weighted by molar-refractivity contribution is 6.47. The highest BCUT2D eigenvalue weighted by atomic mass is 35.5. The van der Waals surface area contributed by atoms with Crippen LogP contribution in [0, 0.1) is 17.2 Å². The molecule has 210 valence electrons. The highest BCUT2D eigenvalue weighted by Gasteiger charge is 2.52. The average molecular weight is 566 g/mol. The predicted molar refractivity (Wildman–Crippen MR) is 149 cm³/mol. The second-order valence-corrected chi connectivity index (χ2v) is 12.2. The Morgan fingerprint density at radius 3 is 2.50 bits per heavy atom. The quantitative estimate of drug-likeness (QED) is 0.423. The number of aromatic nitrogens is 4. The average Bonchev–Trinajstić information content (AvgIpc) is 3.52. The van der Waals surface area contributed by atoms with Crippen LogP contribution in [0.3, 0.4) is 0 Å². The van der Waals surface area contributed by atoms with Crippen LogP contribution in [0.15, 0.2) is 47.5 Å². The van der Waals surface area contributed by atoms with Crippen molar-refractivity contribution in [2.45, 2.75) is 71.6 Å². The Balaban J connectivity index is 1.41. The van der Waals surface area contributed by atoms with Crippen LogP contribution in [0.5, 0.6) is 0 Å². The molecule has 5 rings (SSSR count). The Labute approximate surface area is 237 Å². The molecule has 0 unspecified atom stereocenters. The molecule has 1 spiro atoms. The minimum Gasteiger partial charge on any atom is -0.345 e. The summed E-state index contributed by atoms with van der Waals surface area (Å²) in [5.41, 5.74) is 1.39. The fourth-order valence-corrected chi connectivity index (χ4v) is 6.13. The van der Waals surface area contributed by atoms with Gasteiger partial charge >= 0.3 is 0 Å². The van der Waals surface area contributed by atoms with E-state index < -0.39 is 11.5 Å². The number of benzene rings is 2. The predicted octanol–water partition coefficient (Wildman–Crippen LogP) is 5.25. The molecule has 2 heterocycles. The van der Waals surface area contributed by atoms with Crippen molar-refractivity contribution >= 4 is 29.1 Å². The van der Waals surface area contributed by atoms with E-state index in [2.05, 4.69) is 46.7 Å². The highest BCUT2D eigenvalue weighted by Crippen LogP contribution is 2.49. The Morgan fingerprint density at radius 1 is 1.20 bits per heavy atom. The number of amides is 2. The Kier molecular flexibility index (Phi) is 7.48. The molecular weight excluding hydrogens is 533 g/mol. The maximum Gasteiger partial charge on any atom is 0.275 e. The second-order valence-electron chi connectivity index (χ2n) is 11.7. The van der Waals surface area contributed by atoms with Crippen molar-refractivity contribution in [2.75, 3.05) is 0 Å². The molecule has 0 saturated heterocycles. The number of hydrogen-bond acceptors (Lipinski definition) is 6. The number of carbonyl (C=O) groups excluding carboxylic acids is 2. The summed E-state index contributed by atoms with van der Waals surface area (Å²) in [4.78, 5) is 33.5. The van der Waals surface area contributed by atoms with Gasteiger partial charge in [-0.2, -0.15) is 5.21 Å². The molecular formula is C29H33ClFN7O2. The largest absolute Gasteiger partial charge is 0.345 e. The smallest absolute Gasteiger partial charge is 0.275 e. The monoisotopic (exact) mass is 565 g/mol. The molecule has 1 saturated carbocycles. The lowest BCUT2D eigenvalue weighted by Gasteiger charge is -2.46. The summed E-state index contributed by atoms with van der Waals surface area (Å²) in [6.07, 6.45) is 3.29. The van der Waals surface area contributed by atoms with Crippen molar-refractivity contribution in [2.24, 2.45) is 16.3 Å². The van der Waals surface area contributed by atoms with Crippen LogP contribution < -0.4 is 5.32 Å². The van der Waals surface area contributed by atoms with Gasteiger partial charge in [-0.15, -0.1) is 10.2 Å². The molecule has 3 aromatic rings. The zero-order chi connectivity index (χ0) is 28.7. The fraction of sp³-hybridized carbons (Fsp3) is 0.448. The van der Waals surface area contributed by atoms with E-state index in [1.165, 1.54) is 12.1 Å². The topological polar surface area (TPSA) is 116 Å². The van der Waals surface area contributed by atoms with E-state index in [0.29, 0.717) is 35.7 Å². The number of nitrogens with one attached hydrogen (secondary N) is 2. The number of carbonyl (C=O) groups is 2. The van der Waals surface area contributed by atoms with Crippen molar-refractivity contribution in [3.8, 4) is 0 Å². The van der Waals surface area contributed by atoms with Gasteiger partial charge in [0.1, 0.15) is 17.2 Å². The summed E-state index contributed by atoms with van der Waals surface area (Å²) in [5, 5.41) is 16.5. The maximum atomic E-state index is 14.3. The third kappa shape index (κ3) is 5.50. The van der Waals surface area contributed by atoms with Crippen molar-refractivity contribution in [3.05, 3.63) is 75.8 Å². The van der Waals surface area contributed by atoms with E-state index in [-0.39, 0.29) is 40.6 Å². The van der Waals surface area contributed by atoms with Crippen LogP contribution in [0.4, 0.5) is 4.39 Å². The number of H-pyrrole nitrogens is 1. The molecule has 2 amide bonds. The van der Waals surface area contributed by atoms with Crippen molar-refractivity contribution in [3.63, 3.8) is 0 Å². The molecule has 9 nitrogen and oxygen atoms in total. The minimum atomic E-state index is -0.729. The van der Waals surface area contributed by atoms with Crippen LogP contribution in [0.25, 0.3) is 0 Å². The molecule has 11 heteroatoms. The van der Waals surface area contributed by atoms with Crippen LogP contribution in [-0.2, 0) is 11.3 Å². The number of hydrogen-bond donors (Lipinski definition) is 2. The van der Waals surface area contributed by atoms with E-state index in [1.54, 1.807) is 18.2 Å². The van der Waals surface area contributed by atoms with Gasteiger partial charge in [-0.3, -0.25) is 14.6 Å². The van der Waals surface area contributed by atoms with E-state index in [0.717, 1.165) is 18.4 Å². The summed E-state index contributed by atoms with van der Waals surface area (Å²) < 4.78 is 14.3. The number of rotatable bonds is 6. The van der Waals surface area contributed by atoms with Gasteiger partial charge in [-0.1, -0.05) is 49.7 Å². The lowest BCUT2D eigenvalue weighted by atomic mass is 9.69. The summed E-state index contributed by atoms with van der Waals surface area (Å²) in [6, 6.07) is 11.0. The maximum absolute atomic E-state index is 14.3. The first-order valence-corrected chi connectivity index (χ1v) is 13.9. The Hall–Kier alpha value is -3.66. The number of tetrazole rings is 1. The van der Waals surface area contributed by atoms with Crippen LogP contribution in [-0.4, -0.2) is 48.7 Å². The number of aliphatic imine (C=N–C) groups is 1. The van der Waals surface area contributed by atoms with Crippen molar-refractivity contribution < 1.29 is 14.0 Å². The molecule has 2 N–H and O–H groups in total. The van der Waals surface area contributed by atoms with Crippen molar-refractivity contribution in [1.82, 2.24) is 30.8 Å². The normalized spacial score (nSPS) is 21.9. The fourth-order valence-electron chi connectivity index (χ4n) is 5.91. The lowest BCUT2D eigenvalue weighted by molar-refractivity contribution is -0.132. The van der Waals surface area contributed by atoms with Gasteiger partial charge < -0.3 is 10.2 Å². The van der Waals surface area contributed by atoms with Gasteiger partial charge in [0.2, 0.25) is 0 Å². The zero-order valence-electron chi connectivity index (χ0n) is 23.0. The van der Waals surface area contributed by atoms with Gasteiger partial charge in [0, 0.05) is 16.1 Å². The lowest BCUT2D eigenvalue weighted by Crippen LogP contribution is -2.50. The Bertz CT molecular complexity index is 1410. The number of aromatic amines is 1. The van der Waals surface area contributed by atoms with Gasteiger partial charge in [0.05, 0.1) is 12.6 Å². The molecule has 1 aliphatic carbocycles. The molecule has 40 heavy (non-hydrogen) atoms. The van der Waals surface area contributed by atoms with Gasteiger partial charge in [0.15, 0.2) is 5.82 Å². The number of nitrogens with zero attached hydrogens (tertiary/aromatic N) is 5. The first kappa shape index (κ1) is 27.9. The second kappa shape index (κ2) is 10.7. The zero-order valence-corrected chi connectivity index (χ0v) is 23.8. The van der Waals surface area contributed by atoms with Crippen LogP contribution in [0.1, 0.15) is 86.7 Å². The molecule has 0 bridgehead atoms. The summed E-state index contributed by atoms with van der Waals surface area (Å²) >= 11 is 6.15. The van der Waals surface area contributed by atoms with Gasteiger partial charge in [-0.05, 0) is 79.8 Å². The SMILES string of the molecule is C[C@H](c1ccc(C(=O)NCc2nn[nH]n2)cc1)N1C(=O)C(c2cc(F)cc(Cl)c2)=NC12CCC(C(C)(C)C)CC2. The summed E-state index contributed by atoms with van der Waals surface area (Å²) in [7, 11) is 0. The molecule has 2 aromatic carbocycles. The molecule has 1 atom stereocenters. The minimum absolute atomic E-state index is 0.151. The first-order chi connectivity index (χ1) is 19.0. The standard InChI is InChI=1S/C29H33ClFN7O2/c1-17(18-5-7-19(8-6-18)26(39)32-16-24-34-36-37-35-24)38-27(40)25(20-13-22(30)15-23(31)14-20)33-29(38)11-9-21(10-12-29)28(2,3)4/h5-8,13-15,17,21H,9-12,16H2,1-4H3,(H,32,39)(H,34,35,36,37)/t17-,21?,29?/m1/s1.